The first-order chi connectivity index (χ1) is 13.9. The summed E-state index contributed by atoms with van der Waals surface area (Å²) in [6, 6.07) is 8.78. The molecule has 1 atom stereocenters. The molecule has 150 valence electrons. The molecule has 0 aliphatic heterocycles. The molecule has 3 aromatic rings. The summed E-state index contributed by atoms with van der Waals surface area (Å²) in [4.78, 5) is 27.5. The van der Waals surface area contributed by atoms with Gasteiger partial charge in [-0.3, -0.25) is 19.9 Å². The van der Waals surface area contributed by atoms with Crippen molar-refractivity contribution < 1.29 is 19.2 Å². The number of phenols is 1. The molecule has 0 aliphatic rings. The number of pyridine rings is 1. The molecule has 0 bridgehead atoms. The van der Waals surface area contributed by atoms with Gasteiger partial charge in [0.25, 0.3) is 5.69 Å². The first-order valence-corrected chi connectivity index (χ1v) is 9.22. The Morgan fingerprint density at radius 1 is 1.31 bits per heavy atom. The lowest BCUT2D eigenvalue weighted by Gasteiger charge is -2.21. The van der Waals surface area contributed by atoms with Gasteiger partial charge < -0.3 is 10.4 Å². The second-order valence-electron chi connectivity index (χ2n) is 6.65. The summed E-state index contributed by atoms with van der Waals surface area (Å²) >= 11 is 0. The van der Waals surface area contributed by atoms with Gasteiger partial charge in [0.15, 0.2) is 0 Å². The highest BCUT2D eigenvalue weighted by Gasteiger charge is 2.27. The highest BCUT2D eigenvalue weighted by atomic mass is 19.1. The topological polar surface area (TPSA) is 105 Å². The summed E-state index contributed by atoms with van der Waals surface area (Å²) < 4.78 is 13.8. The van der Waals surface area contributed by atoms with Crippen LogP contribution in [0.3, 0.4) is 0 Å². The molecule has 8 heteroatoms. The zero-order valence-electron chi connectivity index (χ0n) is 15.8. The van der Waals surface area contributed by atoms with Crippen LogP contribution < -0.4 is 5.32 Å². The van der Waals surface area contributed by atoms with E-state index in [2.05, 4.69) is 10.3 Å². The van der Waals surface area contributed by atoms with Crippen molar-refractivity contribution in [2.24, 2.45) is 0 Å². The van der Waals surface area contributed by atoms with E-state index in [-0.39, 0.29) is 40.2 Å². The van der Waals surface area contributed by atoms with Crippen LogP contribution in [-0.2, 0) is 4.79 Å². The maximum atomic E-state index is 13.8. The van der Waals surface area contributed by atoms with Crippen LogP contribution in [0.2, 0.25) is 0 Å². The van der Waals surface area contributed by atoms with Crippen molar-refractivity contribution in [1.82, 2.24) is 10.3 Å². The van der Waals surface area contributed by atoms with E-state index in [0.717, 1.165) is 6.42 Å². The number of benzene rings is 2. The summed E-state index contributed by atoms with van der Waals surface area (Å²) in [5.74, 6) is -1.12. The molecule has 1 heterocycles. The lowest BCUT2D eigenvalue weighted by Crippen LogP contribution is -2.29. The minimum atomic E-state index is -0.972. The van der Waals surface area contributed by atoms with Gasteiger partial charge in [0.1, 0.15) is 17.1 Å². The number of fused-ring (bicyclic) bond motifs is 1. The number of halogens is 1. The van der Waals surface area contributed by atoms with Crippen molar-refractivity contribution in [3.8, 4) is 5.75 Å². The van der Waals surface area contributed by atoms with E-state index in [1.165, 1.54) is 42.6 Å². The van der Waals surface area contributed by atoms with E-state index < -0.39 is 16.8 Å². The molecule has 2 N–H and O–H groups in total. The monoisotopic (exact) mass is 397 g/mol. The summed E-state index contributed by atoms with van der Waals surface area (Å²) in [6.07, 6.45) is 3.13. The third kappa shape index (κ3) is 4.31. The van der Waals surface area contributed by atoms with E-state index in [1.807, 2.05) is 6.92 Å². The number of carbonyl (C=O) groups excluding carboxylic acids is 1. The van der Waals surface area contributed by atoms with Crippen molar-refractivity contribution in [2.45, 2.75) is 32.2 Å². The van der Waals surface area contributed by atoms with Crippen LogP contribution in [0.1, 0.15) is 43.4 Å². The molecule has 0 fully saturated rings. The number of nitrogens with zero attached hydrogens (tertiary/aromatic N) is 2. The molecule has 29 heavy (non-hydrogen) atoms. The second-order valence-corrected chi connectivity index (χ2v) is 6.65. The Bertz CT molecular complexity index is 1070. The zero-order valence-corrected chi connectivity index (χ0v) is 15.8. The number of hydrogen-bond donors (Lipinski definition) is 2. The number of hydrogen-bond acceptors (Lipinski definition) is 5. The van der Waals surface area contributed by atoms with Crippen LogP contribution in [-0.4, -0.2) is 20.9 Å². The van der Waals surface area contributed by atoms with E-state index in [9.17, 15) is 24.4 Å². The lowest BCUT2D eigenvalue weighted by molar-refractivity contribution is -0.383. The van der Waals surface area contributed by atoms with E-state index in [0.29, 0.717) is 12.0 Å². The predicted molar refractivity (Wildman–Crippen MR) is 106 cm³/mol. The van der Waals surface area contributed by atoms with Gasteiger partial charge in [-0.05, 0) is 36.2 Å². The molecule has 1 aromatic heterocycles. The first-order valence-electron chi connectivity index (χ1n) is 9.22. The number of nitro groups is 1. The van der Waals surface area contributed by atoms with Crippen LogP contribution in [0.25, 0.3) is 10.9 Å². The van der Waals surface area contributed by atoms with Crippen LogP contribution >= 0.6 is 0 Å². The maximum absolute atomic E-state index is 13.8. The Kier molecular flexibility index (Phi) is 6.01. The van der Waals surface area contributed by atoms with Crippen LogP contribution in [0.15, 0.2) is 48.7 Å². The molecule has 0 saturated carbocycles. The number of unbranched alkanes of at least 4 members (excludes halogenated alkanes) is 1. The zero-order chi connectivity index (χ0) is 21.0. The number of rotatable bonds is 7. The highest BCUT2D eigenvalue weighted by Crippen LogP contribution is 2.39. The fourth-order valence-corrected chi connectivity index (χ4v) is 3.20. The molecular formula is C21H20FN3O4. The molecule has 0 spiro atoms. The van der Waals surface area contributed by atoms with Gasteiger partial charge in [0.05, 0.1) is 16.4 Å². The van der Waals surface area contributed by atoms with Crippen LogP contribution in [0.4, 0.5) is 10.1 Å². The SMILES string of the molecule is CCCCC(=O)NC(c1cccc(F)c1)c1cc([N+](=O)[O-])c2cccnc2c1O. The number of nitrogens with one attached hydrogen (secondary N) is 1. The maximum Gasteiger partial charge on any atom is 0.279 e. The third-order valence-corrected chi connectivity index (χ3v) is 4.63. The van der Waals surface area contributed by atoms with Crippen molar-refractivity contribution in [1.29, 1.82) is 0 Å². The average Bonchev–Trinajstić information content (AvgIpc) is 2.71. The Hall–Kier alpha value is -3.55. The lowest BCUT2D eigenvalue weighted by atomic mass is 9.95. The van der Waals surface area contributed by atoms with E-state index in [1.54, 1.807) is 6.07 Å². The van der Waals surface area contributed by atoms with Crippen molar-refractivity contribution >= 4 is 22.5 Å². The number of aromatic nitrogens is 1. The quantitative estimate of drug-likeness (QED) is 0.455. The van der Waals surface area contributed by atoms with Gasteiger partial charge in [0.2, 0.25) is 5.91 Å². The molecule has 7 nitrogen and oxygen atoms in total. The Morgan fingerprint density at radius 3 is 2.79 bits per heavy atom. The Balaban J connectivity index is 2.19. The van der Waals surface area contributed by atoms with E-state index in [4.69, 9.17) is 0 Å². The summed E-state index contributed by atoms with van der Waals surface area (Å²) in [7, 11) is 0. The number of aromatic hydroxyl groups is 1. The average molecular weight is 397 g/mol. The largest absolute Gasteiger partial charge is 0.505 e. The molecule has 2 aromatic carbocycles. The summed E-state index contributed by atoms with van der Waals surface area (Å²) in [5.41, 5.74) is 0.221. The van der Waals surface area contributed by atoms with Gasteiger partial charge in [0, 0.05) is 24.2 Å². The molecule has 0 saturated heterocycles. The minimum Gasteiger partial charge on any atom is -0.505 e. The summed E-state index contributed by atoms with van der Waals surface area (Å²) in [6.45, 7) is 1.95. The fourth-order valence-electron chi connectivity index (χ4n) is 3.20. The Labute approximate surface area is 166 Å². The number of nitro benzene ring substituents is 1. The first kappa shape index (κ1) is 20.2. The molecule has 1 amide bonds. The van der Waals surface area contributed by atoms with Gasteiger partial charge >= 0.3 is 0 Å². The molecular weight excluding hydrogens is 377 g/mol. The predicted octanol–water partition coefficient (Wildman–Crippen LogP) is 4.38. The van der Waals surface area contributed by atoms with Crippen molar-refractivity contribution in [3.05, 3.63) is 75.7 Å². The fraction of sp³-hybridized carbons (Fsp3) is 0.238. The standard InChI is InChI=1S/C21H20FN3O4/c1-2-3-9-18(26)24-19(13-6-4-7-14(22)11-13)16-12-17(25(28)29)15-8-5-10-23-20(15)21(16)27/h4-8,10-12,19,27H,2-3,9H2,1H3,(H,24,26). The number of amides is 1. The third-order valence-electron chi connectivity index (χ3n) is 4.63. The number of non-ortho nitro benzene ring substituents is 1. The highest BCUT2D eigenvalue weighted by molar-refractivity contribution is 5.94. The number of carbonyl (C=O) groups is 1. The minimum absolute atomic E-state index is 0.0425. The van der Waals surface area contributed by atoms with Gasteiger partial charge in [-0.1, -0.05) is 25.5 Å². The van der Waals surface area contributed by atoms with Crippen molar-refractivity contribution in [2.75, 3.05) is 0 Å². The second kappa shape index (κ2) is 8.64. The normalized spacial score (nSPS) is 11.9. The van der Waals surface area contributed by atoms with Gasteiger partial charge in [-0.2, -0.15) is 0 Å². The smallest absolute Gasteiger partial charge is 0.279 e. The molecule has 0 radical (unpaired) electrons. The molecule has 0 aliphatic carbocycles. The molecule has 3 rings (SSSR count). The number of phenolic OH excluding ortho intramolecular Hbond substituents is 1. The Morgan fingerprint density at radius 2 is 2.10 bits per heavy atom. The van der Waals surface area contributed by atoms with Crippen LogP contribution in [0, 0.1) is 15.9 Å². The van der Waals surface area contributed by atoms with Crippen molar-refractivity contribution in [3.63, 3.8) is 0 Å². The van der Waals surface area contributed by atoms with Crippen LogP contribution in [0.5, 0.6) is 5.75 Å². The summed E-state index contributed by atoms with van der Waals surface area (Å²) in [5, 5.41) is 25.4. The van der Waals surface area contributed by atoms with E-state index >= 15 is 0 Å². The molecule has 1 unspecified atom stereocenters. The van der Waals surface area contributed by atoms with Gasteiger partial charge in [-0.25, -0.2) is 4.39 Å². The van der Waals surface area contributed by atoms with Gasteiger partial charge in [-0.15, -0.1) is 0 Å².